The number of benzene rings is 1. The van der Waals surface area contributed by atoms with Crippen LogP contribution in [0.3, 0.4) is 0 Å². The Morgan fingerprint density at radius 1 is 0.464 bits per heavy atom. The summed E-state index contributed by atoms with van der Waals surface area (Å²) in [5.41, 5.74) is 34.9. The van der Waals surface area contributed by atoms with Crippen LogP contribution in [0.15, 0.2) is 12.1 Å². The molecule has 0 fully saturated rings. The van der Waals surface area contributed by atoms with E-state index in [1.165, 1.54) is 22.3 Å². The second kappa shape index (κ2) is 21.7. The molecule has 28 heavy (non-hydrogen) atoms. The van der Waals surface area contributed by atoms with Crippen molar-refractivity contribution in [2.45, 2.75) is 23.0 Å². The molecular formula is C18H30Cu2N4S4. The van der Waals surface area contributed by atoms with Gasteiger partial charge in [0, 0.05) is 23.0 Å². The van der Waals surface area contributed by atoms with E-state index in [9.17, 15) is 0 Å². The van der Waals surface area contributed by atoms with Crippen LogP contribution in [0.25, 0.3) is 22.9 Å². The van der Waals surface area contributed by atoms with Crippen LogP contribution in [0.2, 0.25) is 0 Å². The Kier molecular flexibility index (Phi) is 24.6. The number of nitrogens with one attached hydrogen (secondary N) is 4. The summed E-state index contributed by atoms with van der Waals surface area (Å²) in [6.45, 7) is 1.84. The number of hydrogen-bond donors (Lipinski definition) is 0. The van der Waals surface area contributed by atoms with Gasteiger partial charge in [0.05, 0.1) is 0 Å². The molecule has 10 heteroatoms. The van der Waals surface area contributed by atoms with Gasteiger partial charge in [0.2, 0.25) is 0 Å². The molecule has 0 aromatic heterocycles. The standard InChI is InChI=1S/C18H30N4S4.2Cu/c19-1-5-23-11-15-9-17(13-25-7-3-21)18(14-26-8-4-22)10-16(15)12-24-6-2-20;;/h9-10,19-22H,1-8,11-14H2;;/q-4;2*+2. The number of thioether (sulfide) groups is 4. The average molecular weight is 558 g/mol. The minimum atomic E-state index is 0. The average Bonchev–Trinajstić information content (AvgIpc) is 2.64. The van der Waals surface area contributed by atoms with E-state index in [0.29, 0.717) is 26.2 Å². The largest absolute Gasteiger partial charge is 2.00 e. The van der Waals surface area contributed by atoms with Crippen molar-refractivity contribution in [2.75, 3.05) is 49.2 Å². The molecule has 2 radical (unpaired) electrons. The fourth-order valence-electron chi connectivity index (χ4n) is 2.35. The molecule has 0 heterocycles. The smallest absolute Gasteiger partial charge is 0.677 e. The van der Waals surface area contributed by atoms with Crippen LogP contribution in [0.1, 0.15) is 22.3 Å². The van der Waals surface area contributed by atoms with Crippen LogP contribution in [-0.2, 0) is 57.1 Å². The maximum absolute atomic E-state index is 7.36. The molecule has 1 aromatic carbocycles. The van der Waals surface area contributed by atoms with Gasteiger partial charge in [-0.15, -0.1) is 26.2 Å². The van der Waals surface area contributed by atoms with Gasteiger partial charge in [-0.05, 0) is 45.3 Å². The van der Waals surface area contributed by atoms with E-state index in [1.54, 1.807) is 0 Å². The van der Waals surface area contributed by atoms with Gasteiger partial charge in [0.1, 0.15) is 0 Å². The molecule has 4 N–H and O–H groups in total. The van der Waals surface area contributed by atoms with Crippen LogP contribution in [0.5, 0.6) is 0 Å². The Morgan fingerprint density at radius 2 is 0.679 bits per heavy atom. The van der Waals surface area contributed by atoms with Crippen molar-refractivity contribution in [2.24, 2.45) is 0 Å². The fourth-order valence-corrected chi connectivity index (χ4v) is 5.46. The van der Waals surface area contributed by atoms with Crippen molar-refractivity contribution < 1.29 is 34.1 Å². The van der Waals surface area contributed by atoms with Gasteiger partial charge < -0.3 is 22.9 Å². The number of rotatable bonds is 16. The molecule has 4 nitrogen and oxygen atoms in total. The summed E-state index contributed by atoms with van der Waals surface area (Å²) in [7, 11) is 0. The third-order valence-electron chi connectivity index (χ3n) is 3.54. The first-order chi connectivity index (χ1) is 12.8. The number of hydrogen-bond acceptors (Lipinski definition) is 4. The van der Waals surface area contributed by atoms with Crippen molar-refractivity contribution in [3.8, 4) is 0 Å². The fraction of sp³-hybridized carbons (Fsp3) is 0.667. The van der Waals surface area contributed by atoms with Gasteiger partial charge in [-0.3, -0.25) is 0 Å². The molecule has 0 aliphatic carbocycles. The summed E-state index contributed by atoms with van der Waals surface area (Å²) >= 11 is 7.29. The molecule has 0 aliphatic heterocycles. The van der Waals surface area contributed by atoms with Gasteiger partial charge >= 0.3 is 34.1 Å². The van der Waals surface area contributed by atoms with E-state index in [2.05, 4.69) is 12.1 Å². The van der Waals surface area contributed by atoms with E-state index in [-0.39, 0.29) is 34.1 Å². The molecule has 1 aromatic rings. The Labute approximate surface area is 209 Å². The van der Waals surface area contributed by atoms with Crippen molar-refractivity contribution in [3.05, 3.63) is 57.3 Å². The molecule has 0 saturated heterocycles. The van der Waals surface area contributed by atoms with Crippen molar-refractivity contribution in [3.63, 3.8) is 0 Å². The summed E-state index contributed by atoms with van der Waals surface area (Å²) in [6, 6.07) is 4.70. The normalized spacial score (nSPS) is 10.4. The minimum absolute atomic E-state index is 0. The molecule has 1 rings (SSSR count). The summed E-state index contributed by atoms with van der Waals surface area (Å²) in [6.07, 6.45) is 0. The third kappa shape index (κ3) is 13.7. The van der Waals surface area contributed by atoms with Crippen LogP contribution in [0.4, 0.5) is 0 Å². The first-order valence-corrected chi connectivity index (χ1v) is 13.4. The summed E-state index contributed by atoms with van der Waals surface area (Å²) < 4.78 is 0. The summed E-state index contributed by atoms with van der Waals surface area (Å²) in [5, 5.41) is 0. The monoisotopic (exact) mass is 556 g/mol. The molecule has 168 valence electrons. The Balaban J connectivity index is 0. The van der Waals surface area contributed by atoms with Gasteiger partial charge in [0.15, 0.2) is 0 Å². The van der Waals surface area contributed by atoms with Crippen molar-refractivity contribution >= 4 is 47.0 Å². The summed E-state index contributed by atoms with van der Waals surface area (Å²) in [5.74, 6) is 7.26. The van der Waals surface area contributed by atoms with E-state index in [0.717, 1.165) is 46.0 Å². The quantitative estimate of drug-likeness (QED) is 0.164. The molecule has 0 bridgehead atoms. The minimum Gasteiger partial charge on any atom is -0.677 e. The second-order valence-electron chi connectivity index (χ2n) is 5.60. The Bertz CT molecular complexity index is 417. The SMILES string of the molecule is [Cu+2].[Cu+2].[NH-]CCSCc1cc(CSCC[NH-])c(CSCC[NH-])cc1CSCC[NH-]. The molecular weight excluding hydrogens is 528 g/mol. The zero-order valence-corrected chi connectivity index (χ0v) is 21.0. The molecule has 0 unspecified atom stereocenters. The molecule has 0 aliphatic rings. The van der Waals surface area contributed by atoms with Crippen molar-refractivity contribution in [1.29, 1.82) is 0 Å². The third-order valence-corrected chi connectivity index (χ3v) is 7.57. The van der Waals surface area contributed by atoms with Crippen LogP contribution < -0.4 is 0 Å². The first-order valence-electron chi connectivity index (χ1n) is 8.79. The predicted molar refractivity (Wildman–Crippen MR) is 128 cm³/mol. The van der Waals surface area contributed by atoms with E-state index < -0.39 is 0 Å². The Morgan fingerprint density at radius 3 is 0.857 bits per heavy atom. The van der Waals surface area contributed by atoms with Gasteiger partial charge in [-0.25, -0.2) is 0 Å². The maximum Gasteiger partial charge on any atom is 2.00 e. The molecule has 0 amide bonds. The van der Waals surface area contributed by atoms with Gasteiger partial charge in [0.25, 0.3) is 0 Å². The maximum atomic E-state index is 7.36. The van der Waals surface area contributed by atoms with E-state index in [1.807, 2.05) is 47.0 Å². The van der Waals surface area contributed by atoms with E-state index in [4.69, 9.17) is 22.9 Å². The zero-order valence-electron chi connectivity index (χ0n) is 15.9. The first kappa shape index (κ1) is 31.7. The van der Waals surface area contributed by atoms with E-state index >= 15 is 0 Å². The predicted octanol–water partition coefficient (Wildman–Crippen LogP) is 6.82. The summed E-state index contributed by atoms with van der Waals surface area (Å²) in [4.78, 5) is 0. The van der Waals surface area contributed by atoms with Crippen molar-refractivity contribution in [1.82, 2.24) is 0 Å². The molecule has 0 saturated carbocycles. The molecule has 0 spiro atoms. The second-order valence-corrected chi connectivity index (χ2v) is 10.0. The molecule has 0 atom stereocenters. The Hall–Kier alpha value is 1.50. The van der Waals surface area contributed by atoms with Crippen LogP contribution in [0, 0.1) is 0 Å². The zero-order chi connectivity index (χ0) is 19.0. The van der Waals surface area contributed by atoms with Gasteiger partial charge in [-0.2, -0.15) is 47.0 Å². The topological polar surface area (TPSA) is 95.2 Å². The van der Waals surface area contributed by atoms with Crippen LogP contribution >= 0.6 is 47.0 Å². The van der Waals surface area contributed by atoms with Gasteiger partial charge in [-0.1, -0.05) is 12.1 Å². The van der Waals surface area contributed by atoms with Crippen LogP contribution in [-0.4, -0.2) is 49.2 Å².